The molecule has 0 aliphatic carbocycles. The molecule has 0 amide bonds. The fourth-order valence-electron chi connectivity index (χ4n) is 3.02. The second-order valence-electron chi connectivity index (χ2n) is 6.10. The summed E-state index contributed by atoms with van der Waals surface area (Å²) < 4.78 is 11.6. The average Bonchev–Trinajstić information content (AvgIpc) is 2.59. The molecule has 1 fully saturated rings. The van der Waals surface area contributed by atoms with E-state index in [9.17, 15) is 10.2 Å². The summed E-state index contributed by atoms with van der Waals surface area (Å²) in [4.78, 5) is 0. The van der Waals surface area contributed by atoms with Gasteiger partial charge in [0.1, 0.15) is 23.7 Å². The van der Waals surface area contributed by atoms with Gasteiger partial charge in [0.15, 0.2) is 0 Å². The predicted molar refractivity (Wildman–Crippen MR) is 97.0 cm³/mol. The van der Waals surface area contributed by atoms with Crippen LogP contribution >= 0.6 is 11.8 Å². The van der Waals surface area contributed by atoms with Crippen LogP contribution < -0.4 is 0 Å². The van der Waals surface area contributed by atoms with Gasteiger partial charge < -0.3 is 19.7 Å². The van der Waals surface area contributed by atoms with Crippen molar-refractivity contribution in [3.63, 3.8) is 0 Å². The third-order valence-electron chi connectivity index (χ3n) is 4.37. The predicted octanol–water partition coefficient (Wildman–Crippen LogP) is 2.94. The fraction of sp³-hybridized carbons (Fsp3) is 0.474. The van der Waals surface area contributed by atoms with Crippen molar-refractivity contribution in [1.82, 2.24) is 0 Å². The number of hydrogen-bond donors (Lipinski definition) is 2. The number of hydrogen-bond acceptors (Lipinski definition) is 5. The van der Waals surface area contributed by atoms with Gasteiger partial charge in [-0.2, -0.15) is 0 Å². The summed E-state index contributed by atoms with van der Waals surface area (Å²) in [6, 6.07) is 14.3. The van der Waals surface area contributed by atoms with Crippen molar-refractivity contribution in [2.24, 2.45) is 0 Å². The Labute approximate surface area is 146 Å². The van der Waals surface area contributed by atoms with Crippen LogP contribution in [-0.4, -0.2) is 45.8 Å². The Bertz CT molecular complexity index is 677. The molecule has 2 N–H and O–H groups in total. The molecule has 1 saturated heterocycles. The van der Waals surface area contributed by atoms with Crippen molar-refractivity contribution < 1.29 is 19.7 Å². The van der Waals surface area contributed by atoms with Crippen LogP contribution in [0.4, 0.5) is 0 Å². The standard InChI is InChI=1S/C19H24O4S/c1-3-24-19-17(21)18(16(20)12(2)23-19)22-11-13-8-9-14-6-4-5-7-15(14)10-13/h4-10,12,16-21H,3,11H2,1-2H3/t12-,16-,17+,18+,19-/m0/s1. The van der Waals surface area contributed by atoms with E-state index in [1.54, 1.807) is 0 Å². The maximum Gasteiger partial charge on any atom is 0.132 e. The summed E-state index contributed by atoms with van der Waals surface area (Å²) >= 11 is 1.53. The number of benzene rings is 2. The first kappa shape index (κ1) is 17.7. The summed E-state index contributed by atoms with van der Waals surface area (Å²) in [6.45, 7) is 4.17. The van der Waals surface area contributed by atoms with Crippen LogP contribution in [-0.2, 0) is 16.1 Å². The van der Waals surface area contributed by atoms with E-state index in [4.69, 9.17) is 9.47 Å². The van der Waals surface area contributed by atoms with Crippen LogP contribution in [0.15, 0.2) is 42.5 Å². The van der Waals surface area contributed by atoms with Crippen molar-refractivity contribution in [2.45, 2.75) is 50.3 Å². The average molecular weight is 348 g/mol. The molecule has 0 unspecified atom stereocenters. The SMILES string of the molecule is CCS[C@@H]1O[C@@H](C)[C@H](O)[C@@H](OCc2ccc3ccccc3c2)[C@H]1O. The zero-order valence-electron chi connectivity index (χ0n) is 14.0. The highest BCUT2D eigenvalue weighted by Crippen LogP contribution is 2.30. The lowest BCUT2D eigenvalue weighted by Gasteiger charge is -2.41. The van der Waals surface area contributed by atoms with Crippen molar-refractivity contribution in [3.8, 4) is 0 Å². The number of ether oxygens (including phenoxy) is 2. The lowest BCUT2D eigenvalue weighted by atomic mass is 10.0. The molecule has 1 aliphatic heterocycles. The molecule has 1 heterocycles. The molecule has 130 valence electrons. The molecule has 0 aromatic heterocycles. The van der Waals surface area contributed by atoms with Crippen LogP contribution in [0, 0.1) is 0 Å². The van der Waals surface area contributed by atoms with Crippen LogP contribution in [0.3, 0.4) is 0 Å². The van der Waals surface area contributed by atoms with E-state index in [1.807, 2.05) is 32.0 Å². The van der Waals surface area contributed by atoms with E-state index in [2.05, 4.69) is 24.3 Å². The zero-order chi connectivity index (χ0) is 17.1. The number of aliphatic hydroxyl groups excluding tert-OH is 2. The molecule has 4 nitrogen and oxygen atoms in total. The van der Waals surface area contributed by atoms with Crippen molar-refractivity contribution in [3.05, 3.63) is 48.0 Å². The monoisotopic (exact) mass is 348 g/mol. The smallest absolute Gasteiger partial charge is 0.132 e. The van der Waals surface area contributed by atoms with Gasteiger partial charge in [-0.3, -0.25) is 0 Å². The molecular weight excluding hydrogens is 324 g/mol. The largest absolute Gasteiger partial charge is 0.388 e. The second-order valence-corrected chi connectivity index (χ2v) is 7.48. The minimum absolute atomic E-state index is 0.347. The molecule has 5 heteroatoms. The first-order valence-corrected chi connectivity index (χ1v) is 9.37. The number of thioether (sulfide) groups is 1. The third kappa shape index (κ3) is 3.76. The summed E-state index contributed by atoms with van der Waals surface area (Å²) in [5, 5.41) is 23.1. The van der Waals surface area contributed by atoms with Crippen LogP contribution in [0.5, 0.6) is 0 Å². The molecule has 1 aliphatic rings. The Morgan fingerprint density at radius 1 is 1.08 bits per heavy atom. The highest BCUT2D eigenvalue weighted by Gasteiger charge is 2.43. The number of fused-ring (bicyclic) bond motifs is 1. The third-order valence-corrected chi connectivity index (χ3v) is 5.42. The Morgan fingerprint density at radius 3 is 2.58 bits per heavy atom. The van der Waals surface area contributed by atoms with Gasteiger partial charge in [0.05, 0.1) is 12.7 Å². The molecule has 0 radical (unpaired) electrons. The Hall–Kier alpha value is -1.11. The van der Waals surface area contributed by atoms with Gasteiger partial charge in [-0.15, -0.1) is 11.8 Å². The Kier molecular flexibility index (Phi) is 5.79. The van der Waals surface area contributed by atoms with E-state index in [1.165, 1.54) is 17.1 Å². The maximum absolute atomic E-state index is 10.5. The van der Waals surface area contributed by atoms with E-state index in [0.717, 1.165) is 16.7 Å². The van der Waals surface area contributed by atoms with E-state index in [0.29, 0.717) is 6.61 Å². The molecule has 2 aromatic rings. The fourth-order valence-corrected chi connectivity index (χ4v) is 3.95. The molecule has 5 atom stereocenters. The maximum atomic E-state index is 10.5. The quantitative estimate of drug-likeness (QED) is 0.870. The minimum Gasteiger partial charge on any atom is -0.388 e. The first-order valence-electron chi connectivity index (χ1n) is 8.32. The van der Waals surface area contributed by atoms with Gasteiger partial charge in [0.25, 0.3) is 0 Å². The summed E-state index contributed by atoms with van der Waals surface area (Å²) in [5.74, 6) is 0.835. The summed E-state index contributed by atoms with van der Waals surface area (Å²) in [7, 11) is 0. The number of rotatable bonds is 5. The summed E-state index contributed by atoms with van der Waals surface area (Å²) in [5.41, 5.74) is 0.655. The van der Waals surface area contributed by atoms with Gasteiger partial charge in [-0.05, 0) is 35.1 Å². The summed E-state index contributed by atoms with van der Waals surface area (Å²) in [6.07, 6.45) is -2.70. The van der Waals surface area contributed by atoms with Crippen LogP contribution in [0.25, 0.3) is 10.8 Å². The van der Waals surface area contributed by atoms with Crippen LogP contribution in [0.2, 0.25) is 0 Å². The molecule has 0 spiro atoms. The van der Waals surface area contributed by atoms with E-state index in [-0.39, 0.29) is 11.5 Å². The van der Waals surface area contributed by atoms with Gasteiger partial charge >= 0.3 is 0 Å². The highest BCUT2D eigenvalue weighted by atomic mass is 32.2. The molecule has 24 heavy (non-hydrogen) atoms. The Morgan fingerprint density at radius 2 is 1.83 bits per heavy atom. The van der Waals surface area contributed by atoms with Crippen molar-refractivity contribution in [1.29, 1.82) is 0 Å². The molecule has 3 rings (SSSR count). The van der Waals surface area contributed by atoms with Gasteiger partial charge in [-0.25, -0.2) is 0 Å². The molecule has 2 aromatic carbocycles. The minimum atomic E-state index is -0.846. The highest BCUT2D eigenvalue weighted by molar-refractivity contribution is 7.99. The molecule has 0 saturated carbocycles. The normalized spacial score (nSPS) is 30.6. The second kappa shape index (κ2) is 7.85. The van der Waals surface area contributed by atoms with Crippen molar-refractivity contribution >= 4 is 22.5 Å². The van der Waals surface area contributed by atoms with Gasteiger partial charge in [0.2, 0.25) is 0 Å². The van der Waals surface area contributed by atoms with Gasteiger partial charge in [0, 0.05) is 0 Å². The van der Waals surface area contributed by atoms with Crippen LogP contribution in [0.1, 0.15) is 19.4 Å². The lowest BCUT2D eigenvalue weighted by molar-refractivity contribution is -0.212. The lowest BCUT2D eigenvalue weighted by Crippen LogP contribution is -2.56. The van der Waals surface area contributed by atoms with E-state index >= 15 is 0 Å². The van der Waals surface area contributed by atoms with Gasteiger partial charge in [-0.1, -0.05) is 43.3 Å². The molecule has 0 bridgehead atoms. The first-order chi connectivity index (χ1) is 11.6. The zero-order valence-corrected chi connectivity index (χ0v) is 14.8. The number of aliphatic hydroxyl groups is 2. The topological polar surface area (TPSA) is 58.9 Å². The Balaban J connectivity index is 1.70. The van der Waals surface area contributed by atoms with E-state index < -0.39 is 18.3 Å². The van der Waals surface area contributed by atoms with Crippen molar-refractivity contribution in [2.75, 3.05) is 5.75 Å². The molecular formula is C19H24O4S.